The molecule has 1 N–H and O–H groups in total. The Balaban J connectivity index is 2.74. The number of allylic oxidation sites excluding steroid dienone is 1. The van der Waals surface area contributed by atoms with E-state index in [4.69, 9.17) is 0 Å². The van der Waals surface area contributed by atoms with Gasteiger partial charge in [-0.1, -0.05) is 18.2 Å². The van der Waals surface area contributed by atoms with Crippen molar-refractivity contribution < 1.29 is 0 Å². The maximum Gasteiger partial charge on any atom is 0.0233 e. The molecule has 11 heavy (non-hydrogen) atoms. The molecule has 0 aliphatic heterocycles. The third kappa shape index (κ3) is 2.09. The number of anilines is 1. The number of hydrogen-bond donors (Lipinski definition) is 1. The van der Waals surface area contributed by atoms with Crippen molar-refractivity contribution in [3.05, 3.63) is 47.7 Å². The van der Waals surface area contributed by atoms with Crippen molar-refractivity contribution in [1.82, 2.24) is 0 Å². The van der Waals surface area contributed by atoms with E-state index < -0.39 is 0 Å². The van der Waals surface area contributed by atoms with Crippen LogP contribution in [-0.2, 0) is 6.42 Å². The zero-order valence-corrected chi connectivity index (χ0v) is 6.21. The standard InChI is InChI=1S/C9H10NO/c1-2-3-8-4-6-9(10-11)7-5-8/h2,4-7,10H,1,3H2/q-1. The molecule has 0 radical (unpaired) electrons. The maximum absolute atomic E-state index is 10.1. The molecule has 0 aliphatic rings. The van der Waals surface area contributed by atoms with Crippen LogP contribution in [0.1, 0.15) is 5.56 Å². The Morgan fingerprint density at radius 3 is 2.45 bits per heavy atom. The molecule has 0 bridgehead atoms. The molecular weight excluding hydrogens is 138 g/mol. The Kier molecular flexibility index (Phi) is 2.69. The predicted octanol–water partition coefficient (Wildman–Crippen LogP) is 2.32. The first kappa shape index (κ1) is 7.82. The van der Waals surface area contributed by atoms with Gasteiger partial charge in [0.15, 0.2) is 0 Å². The first-order valence-electron chi connectivity index (χ1n) is 3.45. The summed E-state index contributed by atoms with van der Waals surface area (Å²) in [5.74, 6) is 0. The average molecular weight is 148 g/mol. The minimum absolute atomic E-state index is 0.595. The summed E-state index contributed by atoms with van der Waals surface area (Å²) in [6, 6.07) is 7.32. The molecule has 1 rings (SSSR count). The molecule has 1 aromatic rings. The van der Waals surface area contributed by atoms with Gasteiger partial charge in [0.05, 0.1) is 0 Å². The van der Waals surface area contributed by atoms with E-state index >= 15 is 0 Å². The van der Waals surface area contributed by atoms with Crippen molar-refractivity contribution in [1.29, 1.82) is 0 Å². The lowest BCUT2D eigenvalue weighted by Gasteiger charge is -2.08. The smallest absolute Gasteiger partial charge is 0.0233 e. The third-order valence-electron chi connectivity index (χ3n) is 1.45. The van der Waals surface area contributed by atoms with Crippen LogP contribution in [0.2, 0.25) is 0 Å². The molecule has 0 aromatic heterocycles. The number of nitrogens with one attached hydrogen (secondary N) is 1. The molecule has 0 saturated heterocycles. The van der Waals surface area contributed by atoms with Gasteiger partial charge in [0.1, 0.15) is 0 Å². The third-order valence-corrected chi connectivity index (χ3v) is 1.45. The van der Waals surface area contributed by atoms with Gasteiger partial charge in [-0.2, -0.15) is 0 Å². The van der Waals surface area contributed by atoms with Crippen molar-refractivity contribution in [2.75, 3.05) is 5.48 Å². The summed E-state index contributed by atoms with van der Waals surface area (Å²) in [5, 5.41) is 10.1. The number of hydrogen-bond acceptors (Lipinski definition) is 2. The maximum atomic E-state index is 10.1. The lowest BCUT2D eigenvalue weighted by molar-refractivity contribution is 1.28. The molecule has 2 heteroatoms. The summed E-state index contributed by atoms with van der Waals surface area (Å²) in [6.45, 7) is 3.62. The number of rotatable bonds is 3. The minimum Gasteiger partial charge on any atom is -0.761 e. The van der Waals surface area contributed by atoms with Crippen LogP contribution < -0.4 is 5.48 Å². The van der Waals surface area contributed by atoms with E-state index in [-0.39, 0.29) is 0 Å². The highest BCUT2D eigenvalue weighted by Crippen LogP contribution is 2.08. The van der Waals surface area contributed by atoms with Crippen LogP contribution in [0.15, 0.2) is 36.9 Å². The normalized spacial score (nSPS) is 9.18. The Morgan fingerprint density at radius 2 is 2.00 bits per heavy atom. The molecule has 2 nitrogen and oxygen atoms in total. The van der Waals surface area contributed by atoms with Gasteiger partial charge >= 0.3 is 0 Å². The summed E-state index contributed by atoms with van der Waals surface area (Å²) < 4.78 is 0. The van der Waals surface area contributed by atoms with E-state index in [1.807, 2.05) is 23.7 Å². The predicted molar refractivity (Wildman–Crippen MR) is 47.3 cm³/mol. The quantitative estimate of drug-likeness (QED) is 0.527. The fourth-order valence-electron chi connectivity index (χ4n) is 0.876. The van der Waals surface area contributed by atoms with E-state index in [1.165, 1.54) is 5.56 Å². The van der Waals surface area contributed by atoms with E-state index in [2.05, 4.69) is 6.58 Å². The average Bonchev–Trinajstić information content (AvgIpc) is 2.07. The summed E-state index contributed by atoms with van der Waals surface area (Å²) >= 11 is 0. The lowest BCUT2D eigenvalue weighted by atomic mass is 10.1. The molecule has 0 spiro atoms. The van der Waals surface area contributed by atoms with Gasteiger partial charge < -0.3 is 10.7 Å². The fourth-order valence-corrected chi connectivity index (χ4v) is 0.876. The highest BCUT2D eigenvalue weighted by Gasteiger charge is 1.87. The van der Waals surface area contributed by atoms with Crippen LogP contribution in [0, 0.1) is 5.21 Å². The van der Waals surface area contributed by atoms with Crippen molar-refractivity contribution in [3.63, 3.8) is 0 Å². The van der Waals surface area contributed by atoms with E-state index in [9.17, 15) is 5.21 Å². The Morgan fingerprint density at radius 1 is 1.36 bits per heavy atom. The van der Waals surface area contributed by atoms with Gasteiger partial charge in [-0.05, 0) is 24.1 Å². The van der Waals surface area contributed by atoms with Gasteiger partial charge in [-0.15, -0.1) is 6.58 Å². The zero-order valence-electron chi connectivity index (χ0n) is 6.21. The molecule has 0 saturated carbocycles. The molecule has 0 amide bonds. The van der Waals surface area contributed by atoms with Crippen LogP contribution in [0.5, 0.6) is 0 Å². The van der Waals surface area contributed by atoms with Crippen molar-refractivity contribution >= 4 is 5.69 Å². The largest absolute Gasteiger partial charge is 0.761 e. The first-order chi connectivity index (χ1) is 5.36. The lowest BCUT2D eigenvalue weighted by Crippen LogP contribution is -1.85. The van der Waals surface area contributed by atoms with Gasteiger partial charge in [-0.3, -0.25) is 0 Å². The van der Waals surface area contributed by atoms with Gasteiger partial charge in [0, 0.05) is 5.69 Å². The molecule has 0 aliphatic carbocycles. The fraction of sp³-hybridized carbons (Fsp3) is 0.111. The van der Waals surface area contributed by atoms with Gasteiger partial charge in [0.2, 0.25) is 0 Å². The van der Waals surface area contributed by atoms with Crippen LogP contribution in [-0.4, -0.2) is 0 Å². The summed E-state index contributed by atoms with van der Waals surface area (Å²) in [6.07, 6.45) is 2.68. The van der Waals surface area contributed by atoms with Crippen LogP contribution in [0.4, 0.5) is 5.69 Å². The summed E-state index contributed by atoms with van der Waals surface area (Å²) in [4.78, 5) is 0. The summed E-state index contributed by atoms with van der Waals surface area (Å²) in [7, 11) is 0. The van der Waals surface area contributed by atoms with E-state index in [0.717, 1.165) is 6.42 Å². The Hall–Kier alpha value is -1.28. The van der Waals surface area contributed by atoms with Gasteiger partial charge in [0.25, 0.3) is 0 Å². The Bertz CT molecular complexity index is 228. The molecular formula is C9H10NO-. The topological polar surface area (TPSA) is 35.1 Å². The minimum atomic E-state index is 0.595. The highest BCUT2D eigenvalue weighted by molar-refractivity contribution is 5.45. The van der Waals surface area contributed by atoms with E-state index in [0.29, 0.717) is 5.69 Å². The molecule has 1 aromatic carbocycles. The highest BCUT2D eigenvalue weighted by atomic mass is 16.5. The van der Waals surface area contributed by atoms with Crippen molar-refractivity contribution in [2.45, 2.75) is 6.42 Å². The molecule has 0 heterocycles. The van der Waals surface area contributed by atoms with Crippen LogP contribution >= 0.6 is 0 Å². The molecule has 58 valence electrons. The second-order valence-electron chi connectivity index (χ2n) is 2.29. The zero-order chi connectivity index (χ0) is 8.10. The second kappa shape index (κ2) is 3.78. The van der Waals surface area contributed by atoms with Crippen molar-refractivity contribution in [2.24, 2.45) is 0 Å². The molecule has 0 unspecified atom stereocenters. The molecule has 0 fully saturated rings. The molecule has 0 atom stereocenters. The first-order valence-corrected chi connectivity index (χ1v) is 3.45. The van der Waals surface area contributed by atoms with E-state index in [1.54, 1.807) is 12.1 Å². The monoisotopic (exact) mass is 148 g/mol. The summed E-state index contributed by atoms with van der Waals surface area (Å²) in [5.41, 5.74) is 3.58. The van der Waals surface area contributed by atoms with Gasteiger partial charge in [-0.25, -0.2) is 0 Å². The van der Waals surface area contributed by atoms with Crippen molar-refractivity contribution in [3.8, 4) is 0 Å². The SMILES string of the molecule is C=CCc1ccc(N[O-])cc1. The van der Waals surface area contributed by atoms with Crippen LogP contribution in [0.25, 0.3) is 0 Å². The van der Waals surface area contributed by atoms with Crippen LogP contribution in [0.3, 0.4) is 0 Å². The Labute approximate surface area is 66.1 Å². The second-order valence-corrected chi connectivity index (χ2v) is 2.29. The number of benzene rings is 1.